The van der Waals surface area contributed by atoms with E-state index in [-0.39, 0.29) is 23.7 Å². The van der Waals surface area contributed by atoms with E-state index < -0.39 is 0 Å². The highest BCUT2D eigenvalue weighted by Crippen LogP contribution is 2.24. The Bertz CT molecular complexity index is 964. The molecule has 0 unspecified atom stereocenters. The first kappa shape index (κ1) is 17.6. The van der Waals surface area contributed by atoms with E-state index in [1.54, 1.807) is 12.3 Å². The minimum atomic E-state index is -0.0762. The standard InChI is InChI=1S/C20H25N5O2/c1-14(22-19(26)17-6-4-10-21-17)13-24-11-8-15(9-12-24)25-18-7-3-2-5-16(18)23-20(25)27/h2-7,10,14-15,21H,8-9,11-13H2,1H3,(H,22,26)(H,23,27)/t14-/m0/s1. The van der Waals surface area contributed by atoms with Gasteiger partial charge in [0, 0.05) is 37.9 Å². The molecule has 7 heteroatoms. The Morgan fingerprint density at radius 1 is 1.22 bits per heavy atom. The molecule has 4 rings (SSSR count). The third-order valence-corrected chi connectivity index (χ3v) is 5.30. The summed E-state index contributed by atoms with van der Waals surface area (Å²) in [6.07, 6.45) is 3.61. The van der Waals surface area contributed by atoms with Crippen molar-refractivity contribution in [2.24, 2.45) is 0 Å². The Morgan fingerprint density at radius 3 is 2.74 bits per heavy atom. The summed E-state index contributed by atoms with van der Waals surface area (Å²) in [7, 11) is 0. The maximum absolute atomic E-state index is 12.4. The summed E-state index contributed by atoms with van der Waals surface area (Å²) in [6, 6.07) is 11.7. The van der Waals surface area contributed by atoms with Gasteiger partial charge < -0.3 is 20.2 Å². The van der Waals surface area contributed by atoms with Gasteiger partial charge in [-0.15, -0.1) is 0 Å². The first-order valence-electron chi connectivity index (χ1n) is 9.47. The lowest BCUT2D eigenvalue weighted by atomic mass is 10.0. The predicted octanol–water partition coefficient (Wildman–Crippen LogP) is 2.11. The van der Waals surface area contributed by atoms with Crippen molar-refractivity contribution >= 4 is 16.9 Å². The van der Waals surface area contributed by atoms with Gasteiger partial charge in [0.15, 0.2) is 0 Å². The number of piperidine rings is 1. The Labute approximate surface area is 157 Å². The lowest BCUT2D eigenvalue weighted by Crippen LogP contribution is -2.45. The van der Waals surface area contributed by atoms with Crippen LogP contribution in [-0.2, 0) is 0 Å². The van der Waals surface area contributed by atoms with Gasteiger partial charge in [-0.1, -0.05) is 12.1 Å². The molecule has 1 aliphatic rings. The molecule has 1 amide bonds. The van der Waals surface area contributed by atoms with Crippen molar-refractivity contribution in [3.05, 3.63) is 58.8 Å². The van der Waals surface area contributed by atoms with Crippen molar-refractivity contribution < 1.29 is 4.79 Å². The average molecular weight is 367 g/mol. The van der Waals surface area contributed by atoms with Crippen molar-refractivity contribution in [2.75, 3.05) is 19.6 Å². The smallest absolute Gasteiger partial charge is 0.326 e. The van der Waals surface area contributed by atoms with Crippen LogP contribution in [0.2, 0.25) is 0 Å². The summed E-state index contributed by atoms with van der Waals surface area (Å²) >= 11 is 0. The van der Waals surface area contributed by atoms with Crippen molar-refractivity contribution in [3.8, 4) is 0 Å². The normalized spacial score (nSPS) is 17.2. The molecule has 3 aromatic rings. The van der Waals surface area contributed by atoms with E-state index in [9.17, 15) is 9.59 Å². The van der Waals surface area contributed by atoms with Crippen LogP contribution in [0.5, 0.6) is 0 Å². The molecule has 0 aliphatic carbocycles. The van der Waals surface area contributed by atoms with E-state index in [0.717, 1.165) is 43.5 Å². The van der Waals surface area contributed by atoms with E-state index in [4.69, 9.17) is 0 Å². The number of aromatic amines is 2. The van der Waals surface area contributed by atoms with Crippen LogP contribution in [0.25, 0.3) is 11.0 Å². The van der Waals surface area contributed by atoms with Gasteiger partial charge in [0.1, 0.15) is 5.69 Å². The Hall–Kier alpha value is -2.80. The van der Waals surface area contributed by atoms with E-state index in [1.165, 1.54) is 0 Å². The largest absolute Gasteiger partial charge is 0.357 e. The second kappa shape index (κ2) is 7.44. The number of nitrogens with one attached hydrogen (secondary N) is 3. The van der Waals surface area contributed by atoms with Crippen LogP contribution in [0.1, 0.15) is 36.3 Å². The number of likely N-dealkylation sites (tertiary alicyclic amines) is 1. The topological polar surface area (TPSA) is 85.9 Å². The monoisotopic (exact) mass is 367 g/mol. The number of nitrogens with zero attached hydrogens (tertiary/aromatic N) is 2. The maximum Gasteiger partial charge on any atom is 0.326 e. The van der Waals surface area contributed by atoms with Crippen molar-refractivity contribution in [1.29, 1.82) is 0 Å². The molecular weight excluding hydrogens is 342 g/mol. The third kappa shape index (κ3) is 3.68. The Kier molecular flexibility index (Phi) is 4.85. The second-order valence-electron chi connectivity index (χ2n) is 7.31. The molecule has 0 spiro atoms. The fraction of sp³-hybridized carbons (Fsp3) is 0.400. The van der Waals surface area contributed by atoms with Crippen LogP contribution >= 0.6 is 0 Å². The molecule has 0 radical (unpaired) electrons. The van der Waals surface area contributed by atoms with Gasteiger partial charge in [0.2, 0.25) is 0 Å². The van der Waals surface area contributed by atoms with Crippen molar-refractivity contribution in [1.82, 2.24) is 24.8 Å². The molecule has 0 saturated carbocycles. The number of para-hydroxylation sites is 2. The molecule has 1 atom stereocenters. The predicted molar refractivity (Wildman–Crippen MR) is 105 cm³/mol. The highest BCUT2D eigenvalue weighted by atomic mass is 16.2. The molecule has 3 N–H and O–H groups in total. The van der Waals surface area contributed by atoms with Gasteiger partial charge in [-0.2, -0.15) is 0 Å². The summed E-state index contributed by atoms with van der Waals surface area (Å²) < 4.78 is 1.91. The first-order chi connectivity index (χ1) is 13.1. The summed E-state index contributed by atoms with van der Waals surface area (Å²) in [4.78, 5) is 32.7. The summed E-state index contributed by atoms with van der Waals surface area (Å²) in [5.41, 5.74) is 2.43. The molecule has 1 aliphatic heterocycles. The molecule has 1 aromatic carbocycles. The fourth-order valence-electron chi connectivity index (χ4n) is 4.00. The molecule has 142 valence electrons. The van der Waals surface area contributed by atoms with Crippen LogP contribution in [0.3, 0.4) is 0 Å². The average Bonchev–Trinajstić information content (AvgIpc) is 3.29. The van der Waals surface area contributed by atoms with Crippen LogP contribution in [-0.4, -0.2) is 51.0 Å². The number of H-pyrrole nitrogens is 2. The molecule has 2 aromatic heterocycles. The van der Waals surface area contributed by atoms with E-state index in [1.807, 2.05) is 41.8 Å². The molecule has 1 saturated heterocycles. The van der Waals surface area contributed by atoms with Gasteiger partial charge in [-0.05, 0) is 44.0 Å². The van der Waals surface area contributed by atoms with Gasteiger partial charge in [0.25, 0.3) is 5.91 Å². The van der Waals surface area contributed by atoms with E-state index in [2.05, 4.69) is 20.2 Å². The Balaban J connectivity index is 1.34. The maximum atomic E-state index is 12.4. The fourth-order valence-corrected chi connectivity index (χ4v) is 4.00. The molecule has 27 heavy (non-hydrogen) atoms. The molecular formula is C20H25N5O2. The van der Waals surface area contributed by atoms with Crippen LogP contribution < -0.4 is 11.0 Å². The quantitative estimate of drug-likeness (QED) is 0.646. The van der Waals surface area contributed by atoms with E-state index in [0.29, 0.717) is 5.69 Å². The second-order valence-corrected chi connectivity index (χ2v) is 7.31. The van der Waals surface area contributed by atoms with Crippen molar-refractivity contribution in [2.45, 2.75) is 31.8 Å². The lowest BCUT2D eigenvalue weighted by Gasteiger charge is -2.34. The number of hydrogen-bond donors (Lipinski definition) is 3. The zero-order valence-corrected chi connectivity index (χ0v) is 15.4. The van der Waals surface area contributed by atoms with Gasteiger partial charge in [-0.25, -0.2) is 4.79 Å². The lowest BCUT2D eigenvalue weighted by molar-refractivity contribution is 0.0916. The number of amides is 1. The number of rotatable bonds is 5. The molecule has 3 heterocycles. The number of imidazole rings is 1. The van der Waals surface area contributed by atoms with Gasteiger partial charge in [-0.3, -0.25) is 9.36 Å². The first-order valence-corrected chi connectivity index (χ1v) is 9.47. The van der Waals surface area contributed by atoms with Crippen LogP contribution in [0.4, 0.5) is 0 Å². The Morgan fingerprint density at radius 2 is 2.00 bits per heavy atom. The van der Waals surface area contributed by atoms with Gasteiger partial charge >= 0.3 is 5.69 Å². The minimum absolute atomic E-state index is 0.0266. The third-order valence-electron chi connectivity index (χ3n) is 5.30. The number of hydrogen-bond acceptors (Lipinski definition) is 3. The summed E-state index contributed by atoms with van der Waals surface area (Å²) in [6.45, 7) is 4.66. The zero-order chi connectivity index (χ0) is 18.8. The van der Waals surface area contributed by atoms with Crippen molar-refractivity contribution in [3.63, 3.8) is 0 Å². The molecule has 0 bridgehead atoms. The number of carbonyl (C=O) groups is 1. The highest BCUT2D eigenvalue weighted by molar-refractivity contribution is 5.92. The summed E-state index contributed by atoms with van der Waals surface area (Å²) in [5.74, 6) is -0.0762. The molecule has 1 fully saturated rings. The summed E-state index contributed by atoms with van der Waals surface area (Å²) in [5, 5.41) is 3.03. The number of benzene rings is 1. The highest BCUT2D eigenvalue weighted by Gasteiger charge is 2.24. The van der Waals surface area contributed by atoms with Gasteiger partial charge in [0.05, 0.1) is 11.0 Å². The minimum Gasteiger partial charge on any atom is -0.357 e. The SMILES string of the molecule is C[C@@H](CN1CCC(n2c(=O)[nH]c3ccccc32)CC1)NC(=O)c1ccc[nH]1. The van der Waals surface area contributed by atoms with Crippen LogP contribution in [0, 0.1) is 0 Å². The zero-order valence-electron chi connectivity index (χ0n) is 15.4. The van der Waals surface area contributed by atoms with E-state index >= 15 is 0 Å². The number of fused-ring (bicyclic) bond motifs is 1. The number of carbonyl (C=O) groups excluding carboxylic acids is 1. The molecule has 7 nitrogen and oxygen atoms in total. The van der Waals surface area contributed by atoms with Crippen LogP contribution in [0.15, 0.2) is 47.4 Å². The number of aromatic nitrogens is 3.